The molecule has 0 spiro atoms. The highest BCUT2D eigenvalue weighted by Gasteiger charge is 2.28. The standard InChI is InChI=1S/C12H25N3/c1-11(2)9-14-6-3-12(10-14)15-7-4-13-5-8-15/h11-13H,3-10H2,1-2H3. The zero-order valence-electron chi connectivity index (χ0n) is 10.2. The molecule has 3 nitrogen and oxygen atoms in total. The summed E-state index contributed by atoms with van der Waals surface area (Å²) in [6.07, 6.45) is 1.38. The van der Waals surface area contributed by atoms with E-state index < -0.39 is 0 Å². The van der Waals surface area contributed by atoms with Gasteiger partial charge in [0.25, 0.3) is 0 Å². The first kappa shape index (κ1) is 11.4. The van der Waals surface area contributed by atoms with Crippen LogP contribution in [0.2, 0.25) is 0 Å². The summed E-state index contributed by atoms with van der Waals surface area (Å²) in [5, 5.41) is 3.43. The number of nitrogens with zero attached hydrogens (tertiary/aromatic N) is 2. The molecule has 0 aromatic carbocycles. The quantitative estimate of drug-likeness (QED) is 0.738. The van der Waals surface area contributed by atoms with Crippen molar-refractivity contribution < 1.29 is 0 Å². The Morgan fingerprint density at radius 1 is 1.20 bits per heavy atom. The lowest BCUT2D eigenvalue weighted by molar-refractivity contribution is 0.169. The van der Waals surface area contributed by atoms with Crippen LogP contribution in [-0.2, 0) is 0 Å². The van der Waals surface area contributed by atoms with Gasteiger partial charge in [0.1, 0.15) is 0 Å². The summed E-state index contributed by atoms with van der Waals surface area (Å²) in [4.78, 5) is 5.31. The number of piperazine rings is 1. The SMILES string of the molecule is CC(C)CN1CCC(N2CCNCC2)C1. The molecule has 0 aromatic rings. The van der Waals surface area contributed by atoms with Crippen molar-refractivity contribution in [1.29, 1.82) is 0 Å². The van der Waals surface area contributed by atoms with Gasteiger partial charge in [0.05, 0.1) is 0 Å². The molecule has 0 amide bonds. The third-order valence-electron chi connectivity index (χ3n) is 3.54. The summed E-state index contributed by atoms with van der Waals surface area (Å²) >= 11 is 0. The van der Waals surface area contributed by atoms with E-state index in [0.29, 0.717) is 0 Å². The van der Waals surface area contributed by atoms with E-state index in [1.54, 1.807) is 0 Å². The average molecular weight is 211 g/mol. The molecule has 3 heteroatoms. The van der Waals surface area contributed by atoms with Crippen molar-refractivity contribution in [3.8, 4) is 0 Å². The van der Waals surface area contributed by atoms with Crippen LogP contribution >= 0.6 is 0 Å². The second-order valence-electron chi connectivity index (χ2n) is 5.38. The van der Waals surface area contributed by atoms with Crippen LogP contribution in [0.4, 0.5) is 0 Å². The van der Waals surface area contributed by atoms with Gasteiger partial charge in [-0.15, -0.1) is 0 Å². The van der Waals surface area contributed by atoms with E-state index in [1.165, 1.54) is 52.2 Å². The molecule has 2 aliphatic rings. The Morgan fingerprint density at radius 3 is 2.60 bits per heavy atom. The Hall–Kier alpha value is -0.120. The van der Waals surface area contributed by atoms with E-state index in [1.807, 2.05) is 0 Å². The molecule has 88 valence electrons. The van der Waals surface area contributed by atoms with Crippen molar-refractivity contribution in [1.82, 2.24) is 15.1 Å². The van der Waals surface area contributed by atoms with Crippen LogP contribution in [-0.4, -0.2) is 61.7 Å². The van der Waals surface area contributed by atoms with Crippen molar-refractivity contribution in [2.45, 2.75) is 26.3 Å². The molecule has 0 aromatic heterocycles. The summed E-state index contributed by atoms with van der Waals surface area (Å²) in [6, 6.07) is 0.839. The zero-order valence-corrected chi connectivity index (χ0v) is 10.2. The largest absolute Gasteiger partial charge is 0.314 e. The fraction of sp³-hybridized carbons (Fsp3) is 1.00. The molecule has 2 fully saturated rings. The number of nitrogens with one attached hydrogen (secondary N) is 1. The zero-order chi connectivity index (χ0) is 10.7. The summed E-state index contributed by atoms with van der Waals surface area (Å²) in [5.74, 6) is 0.812. The summed E-state index contributed by atoms with van der Waals surface area (Å²) in [7, 11) is 0. The van der Waals surface area contributed by atoms with Crippen molar-refractivity contribution >= 4 is 0 Å². The number of likely N-dealkylation sites (tertiary alicyclic amines) is 1. The highest BCUT2D eigenvalue weighted by atomic mass is 15.3. The summed E-state index contributed by atoms with van der Waals surface area (Å²) in [5.41, 5.74) is 0. The molecule has 1 N–H and O–H groups in total. The fourth-order valence-corrected chi connectivity index (χ4v) is 2.84. The topological polar surface area (TPSA) is 18.5 Å². The normalized spacial score (nSPS) is 30.2. The van der Waals surface area contributed by atoms with Crippen molar-refractivity contribution in [3.63, 3.8) is 0 Å². The van der Waals surface area contributed by atoms with Gasteiger partial charge in [0, 0.05) is 45.3 Å². The Balaban J connectivity index is 1.76. The van der Waals surface area contributed by atoms with Gasteiger partial charge in [-0.05, 0) is 18.9 Å². The molecule has 2 saturated heterocycles. The van der Waals surface area contributed by atoms with Crippen molar-refractivity contribution in [2.75, 3.05) is 45.8 Å². The predicted molar refractivity (Wildman–Crippen MR) is 64.1 cm³/mol. The molecule has 0 aliphatic carbocycles. The second kappa shape index (κ2) is 5.28. The highest BCUT2D eigenvalue weighted by Crippen LogP contribution is 2.17. The highest BCUT2D eigenvalue weighted by molar-refractivity contribution is 4.85. The average Bonchev–Trinajstić information content (AvgIpc) is 2.67. The van der Waals surface area contributed by atoms with Crippen LogP contribution in [0.25, 0.3) is 0 Å². The maximum Gasteiger partial charge on any atom is 0.0236 e. The van der Waals surface area contributed by atoms with Crippen molar-refractivity contribution in [2.24, 2.45) is 5.92 Å². The van der Waals surface area contributed by atoms with E-state index in [-0.39, 0.29) is 0 Å². The van der Waals surface area contributed by atoms with Gasteiger partial charge in [0.2, 0.25) is 0 Å². The first-order chi connectivity index (χ1) is 7.25. The van der Waals surface area contributed by atoms with Crippen LogP contribution < -0.4 is 5.32 Å². The van der Waals surface area contributed by atoms with Crippen molar-refractivity contribution in [3.05, 3.63) is 0 Å². The molecule has 1 unspecified atom stereocenters. The molecule has 0 bridgehead atoms. The third-order valence-corrected chi connectivity index (χ3v) is 3.54. The lowest BCUT2D eigenvalue weighted by Crippen LogP contribution is -2.49. The Morgan fingerprint density at radius 2 is 1.93 bits per heavy atom. The number of rotatable bonds is 3. The minimum Gasteiger partial charge on any atom is -0.314 e. The van der Waals surface area contributed by atoms with Crippen LogP contribution in [0.15, 0.2) is 0 Å². The molecule has 2 rings (SSSR count). The van der Waals surface area contributed by atoms with E-state index in [0.717, 1.165) is 12.0 Å². The van der Waals surface area contributed by atoms with Crippen LogP contribution in [0.5, 0.6) is 0 Å². The summed E-state index contributed by atoms with van der Waals surface area (Å²) in [6.45, 7) is 13.4. The smallest absolute Gasteiger partial charge is 0.0236 e. The summed E-state index contributed by atoms with van der Waals surface area (Å²) < 4.78 is 0. The molecule has 0 radical (unpaired) electrons. The third kappa shape index (κ3) is 3.16. The lowest BCUT2D eigenvalue weighted by Gasteiger charge is -2.32. The maximum absolute atomic E-state index is 3.43. The van der Waals surface area contributed by atoms with Gasteiger partial charge in [-0.2, -0.15) is 0 Å². The molecule has 2 heterocycles. The second-order valence-corrected chi connectivity index (χ2v) is 5.38. The van der Waals surface area contributed by atoms with E-state index in [2.05, 4.69) is 29.0 Å². The molecule has 15 heavy (non-hydrogen) atoms. The maximum atomic E-state index is 3.43. The van der Waals surface area contributed by atoms with Gasteiger partial charge in [-0.3, -0.25) is 4.90 Å². The first-order valence-electron chi connectivity index (χ1n) is 6.43. The van der Waals surface area contributed by atoms with Gasteiger partial charge < -0.3 is 10.2 Å². The number of hydrogen-bond donors (Lipinski definition) is 1. The van der Waals surface area contributed by atoms with Crippen LogP contribution in [0.3, 0.4) is 0 Å². The van der Waals surface area contributed by atoms with Gasteiger partial charge in [0.15, 0.2) is 0 Å². The first-order valence-corrected chi connectivity index (χ1v) is 6.43. The molecule has 1 atom stereocenters. The minimum absolute atomic E-state index is 0.812. The Kier molecular flexibility index (Phi) is 4.00. The van der Waals surface area contributed by atoms with Crippen LogP contribution in [0, 0.1) is 5.92 Å². The van der Waals surface area contributed by atoms with Gasteiger partial charge in [-0.25, -0.2) is 0 Å². The Bertz CT molecular complexity index is 187. The minimum atomic E-state index is 0.812. The fourth-order valence-electron chi connectivity index (χ4n) is 2.84. The molecule has 0 saturated carbocycles. The monoisotopic (exact) mass is 211 g/mol. The van der Waals surface area contributed by atoms with Gasteiger partial charge in [-0.1, -0.05) is 13.8 Å². The lowest BCUT2D eigenvalue weighted by atomic mass is 10.2. The van der Waals surface area contributed by atoms with Crippen LogP contribution in [0.1, 0.15) is 20.3 Å². The van der Waals surface area contributed by atoms with Gasteiger partial charge >= 0.3 is 0 Å². The molecular weight excluding hydrogens is 186 g/mol. The van der Waals surface area contributed by atoms with E-state index in [9.17, 15) is 0 Å². The molecule has 2 aliphatic heterocycles. The number of hydrogen-bond acceptors (Lipinski definition) is 3. The molecular formula is C12H25N3. The van der Waals surface area contributed by atoms with E-state index >= 15 is 0 Å². The van der Waals surface area contributed by atoms with E-state index in [4.69, 9.17) is 0 Å². The predicted octanol–water partition coefficient (Wildman–Crippen LogP) is 0.622. The Labute approximate surface area is 93.8 Å².